The summed E-state index contributed by atoms with van der Waals surface area (Å²) in [6.45, 7) is -1.18. The van der Waals surface area contributed by atoms with E-state index in [0.717, 1.165) is 0 Å². The van der Waals surface area contributed by atoms with Gasteiger partial charge in [0.25, 0.3) is 0 Å². The van der Waals surface area contributed by atoms with Crippen molar-refractivity contribution in [1.82, 2.24) is 0 Å². The maximum absolute atomic E-state index is 11.8. The van der Waals surface area contributed by atoms with Gasteiger partial charge in [0.1, 0.15) is 12.4 Å². The maximum atomic E-state index is 11.8. The Morgan fingerprint density at radius 2 is 1.90 bits per heavy atom. The molecule has 0 aliphatic rings. The van der Waals surface area contributed by atoms with Crippen molar-refractivity contribution in [1.29, 1.82) is 0 Å². The summed E-state index contributed by atoms with van der Waals surface area (Å²) in [6.07, 6.45) is -4.20. The fourth-order valence-electron chi connectivity index (χ4n) is 1.48. The zero-order valence-electron chi connectivity index (χ0n) is 10.7. The molecule has 1 N–H and O–H groups in total. The van der Waals surface area contributed by atoms with Crippen LogP contribution in [-0.4, -0.2) is 37.1 Å². The van der Waals surface area contributed by atoms with Crippen LogP contribution in [0.3, 0.4) is 0 Å². The molecule has 112 valence electrons. The largest absolute Gasteiger partial charge is 0.493 e. The molecule has 0 aliphatic carbocycles. The van der Waals surface area contributed by atoms with Crippen molar-refractivity contribution in [3.05, 3.63) is 29.8 Å². The van der Waals surface area contributed by atoms with Crippen LogP contribution in [0, 0.1) is 0 Å². The van der Waals surface area contributed by atoms with Crippen LogP contribution in [0.1, 0.15) is 12.0 Å². The third kappa shape index (κ3) is 6.98. The minimum atomic E-state index is -4.32. The van der Waals surface area contributed by atoms with Crippen LogP contribution in [0.25, 0.3) is 0 Å². The predicted octanol–water partition coefficient (Wildman–Crippen LogP) is 2.66. The number of benzene rings is 1. The molecule has 0 aliphatic heterocycles. The molecule has 0 spiro atoms. The molecule has 0 saturated carbocycles. The smallest absolute Gasteiger partial charge is 0.411 e. The van der Waals surface area contributed by atoms with Crippen LogP contribution in [0.2, 0.25) is 0 Å². The molecule has 4 nitrogen and oxygen atoms in total. The third-order valence-electron chi connectivity index (χ3n) is 2.27. The summed E-state index contributed by atoms with van der Waals surface area (Å²) in [4.78, 5) is 10.6. The molecule has 0 saturated heterocycles. The number of alkyl halides is 3. The normalized spacial score (nSPS) is 11.3. The van der Waals surface area contributed by atoms with Gasteiger partial charge in [0.15, 0.2) is 0 Å². The summed E-state index contributed by atoms with van der Waals surface area (Å²) in [6, 6.07) is 6.64. The average molecular weight is 292 g/mol. The van der Waals surface area contributed by atoms with Crippen molar-refractivity contribution in [2.24, 2.45) is 0 Å². The first-order chi connectivity index (χ1) is 9.38. The molecule has 0 bridgehead atoms. The van der Waals surface area contributed by atoms with Gasteiger partial charge in [-0.2, -0.15) is 13.2 Å². The molecule has 0 amide bonds. The summed E-state index contributed by atoms with van der Waals surface area (Å²) in [7, 11) is 0. The molecule has 1 aromatic carbocycles. The summed E-state index contributed by atoms with van der Waals surface area (Å²) in [5.74, 6) is -0.555. The first kappa shape index (κ1) is 16.3. The predicted molar refractivity (Wildman–Crippen MR) is 64.8 cm³/mol. The van der Waals surface area contributed by atoms with E-state index in [4.69, 9.17) is 9.84 Å². The van der Waals surface area contributed by atoms with Crippen molar-refractivity contribution >= 4 is 5.97 Å². The number of carboxylic acid groups (broad SMARTS) is 1. The van der Waals surface area contributed by atoms with E-state index in [9.17, 15) is 18.0 Å². The van der Waals surface area contributed by atoms with Gasteiger partial charge < -0.3 is 14.6 Å². The Bertz CT molecular complexity index is 432. The number of rotatable bonds is 8. The second kappa shape index (κ2) is 7.74. The summed E-state index contributed by atoms with van der Waals surface area (Å²) in [5, 5.41) is 8.73. The van der Waals surface area contributed by atoms with Gasteiger partial charge >= 0.3 is 12.1 Å². The van der Waals surface area contributed by atoms with Crippen LogP contribution < -0.4 is 4.74 Å². The molecule has 0 aromatic heterocycles. The number of para-hydroxylation sites is 1. The number of carbonyl (C=O) groups is 1. The van der Waals surface area contributed by atoms with Crippen molar-refractivity contribution in [2.75, 3.05) is 19.8 Å². The average Bonchev–Trinajstić information content (AvgIpc) is 2.33. The van der Waals surface area contributed by atoms with Gasteiger partial charge in [-0.15, -0.1) is 0 Å². The van der Waals surface area contributed by atoms with Gasteiger partial charge in [0.05, 0.1) is 19.6 Å². The number of aliphatic carboxylic acids is 1. The zero-order chi connectivity index (χ0) is 15.0. The van der Waals surface area contributed by atoms with E-state index in [-0.39, 0.29) is 26.1 Å². The lowest BCUT2D eigenvalue weighted by Crippen LogP contribution is -2.18. The highest BCUT2D eigenvalue weighted by Crippen LogP contribution is 2.19. The van der Waals surface area contributed by atoms with Gasteiger partial charge in [-0.05, 0) is 6.07 Å². The van der Waals surface area contributed by atoms with Gasteiger partial charge in [0.2, 0.25) is 0 Å². The Labute approximate surface area is 114 Å². The Morgan fingerprint density at radius 1 is 1.20 bits per heavy atom. The van der Waals surface area contributed by atoms with Crippen molar-refractivity contribution in [2.45, 2.75) is 19.0 Å². The lowest BCUT2D eigenvalue weighted by molar-refractivity contribution is -0.174. The monoisotopic (exact) mass is 292 g/mol. The molecule has 0 atom stereocenters. The Morgan fingerprint density at radius 3 is 2.55 bits per heavy atom. The topological polar surface area (TPSA) is 55.8 Å². The molecule has 0 fully saturated rings. The summed E-state index contributed by atoms with van der Waals surface area (Å²) >= 11 is 0. The van der Waals surface area contributed by atoms with Crippen molar-refractivity contribution < 1.29 is 32.5 Å². The van der Waals surface area contributed by atoms with E-state index in [1.54, 1.807) is 24.3 Å². The maximum Gasteiger partial charge on any atom is 0.411 e. The molecular formula is C13H15F3O4. The standard InChI is InChI=1S/C13H15F3O4/c14-13(15,16)9-19-6-3-7-20-11-5-2-1-4-10(11)8-12(17)18/h1-2,4-5H,3,6-9H2,(H,17,18). The first-order valence-electron chi connectivity index (χ1n) is 5.95. The van der Waals surface area contributed by atoms with Gasteiger partial charge in [0, 0.05) is 12.0 Å². The molecule has 0 radical (unpaired) electrons. The number of carboxylic acids is 1. The Balaban J connectivity index is 2.30. The van der Waals surface area contributed by atoms with Crippen LogP contribution >= 0.6 is 0 Å². The third-order valence-corrected chi connectivity index (χ3v) is 2.27. The molecule has 1 rings (SSSR count). The van der Waals surface area contributed by atoms with E-state index in [0.29, 0.717) is 11.3 Å². The summed E-state index contributed by atoms with van der Waals surface area (Å²) < 4.78 is 45.2. The number of hydrogen-bond acceptors (Lipinski definition) is 3. The molecule has 0 heterocycles. The van der Waals surface area contributed by atoms with Crippen LogP contribution in [0.4, 0.5) is 13.2 Å². The van der Waals surface area contributed by atoms with Crippen LogP contribution in [0.15, 0.2) is 24.3 Å². The van der Waals surface area contributed by atoms with E-state index >= 15 is 0 Å². The van der Waals surface area contributed by atoms with E-state index in [2.05, 4.69) is 4.74 Å². The first-order valence-corrected chi connectivity index (χ1v) is 5.95. The molecular weight excluding hydrogens is 277 g/mol. The molecule has 7 heteroatoms. The molecule has 0 unspecified atom stereocenters. The second-order valence-corrected chi connectivity index (χ2v) is 4.05. The van der Waals surface area contributed by atoms with Gasteiger partial charge in [-0.25, -0.2) is 0 Å². The quantitative estimate of drug-likeness (QED) is 0.748. The van der Waals surface area contributed by atoms with Crippen molar-refractivity contribution in [3.63, 3.8) is 0 Å². The molecule has 20 heavy (non-hydrogen) atoms. The highest BCUT2D eigenvalue weighted by Gasteiger charge is 2.27. The number of ether oxygens (including phenoxy) is 2. The number of halogens is 3. The highest BCUT2D eigenvalue weighted by atomic mass is 19.4. The highest BCUT2D eigenvalue weighted by molar-refractivity contribution is 5.71. The van der Waals surface area contributed by atoms with Crippen molar-refractivity contribution in [3.8, 4) is 5.75 Å². The minimum absolute atomic E-state index is 0.0688. The Hall–Kier alpha value is -1.76. The van der Waals surface area contributed by atoms with E-state index in [1.807, 2.05) is 0 Å². The summed E-state index contributed by atoms with van der Waals surface area (Å²) in [5.41, 5.74) is 0.524. The van der Waals surface area contributed by atoms with Gasteiger partial charge in [-0.3, -0.25) is 4.79 Å². The second-order valence-electron chi connectivity index (χ2n) is 4.05. The minimum Gasteiger partial charge on any atom is -0.493 e. The van der Waals surface area contributed by atoms with Crippen LogP contribution in [-0.2, 0) is 16.0 Å². The molecule has 1 aromatic rings. The van der Waals surface area contributed by atoms with Gasteiger partial charge in [-0.1, -0.05) is 18.2 Å². The zero-order valence-corrected chi connectivity index (χ0v) is 10.7. The van der Waals surface area contributed by atoms with Crippen LogP contribution in [0.5, 0.6) is 5.75 Å². The van der Waals surface area contributed by atoms with E-state index in [1.165, 1.54) is 0 Å². The lowest BCUT2D eigenvalue weighted by Gasteiger charge is -2.11. The SMILES string of the molecule is O=C(O)Cc1ccccc1OCCCOCC(F)(F)F. The fraction of sp³-hybridized carbons (Fsp3) is 0.462. The Kier molecular flexibility index (Phi) is 6.30. The number of hydrogen-bond donors (Lipinski definition) is 1. The fourth-order valence-corrected chi connectivity index (χ4v) is 1.48. The lowest BCUT2D eigenvalue weighted by atomic mass is 10.1. The van der Waals surface area contributed by atoms with E-state index < -0.39 is 18.8 Å².